The molecule has 2 amide bonds. The molecule has 2 aliphatic rings. The first-order chi connectivity index (χ1) is 11.8. The maximum Gasteiger partial charge on any atom is 0.240 e. The Morgan fingerprint density at radius 3 is 2.72 bits per heavy atom. The second kappa shape index (κ2) is 7.15. The Kier molecular flexibility index (Phi) is 5.12. The summed E-state index contributed by atoms with van der Waals surface area (Å²) >= 11 is 0. The summed E-state index contributed by atoms with van der Waals surface area (Å²) in [6, 6.07) is 1.60. The van der Waals surface area contributed by atoms with E-state index in [0.29, 0.717) is 12.5 Å². The van der Waals surface area contributed by atoms with Crippen molar-refractivity contribution < 1.29 is 22.5 Å². The van der Waals surface area contributed by atoms with Crippen molar-refractivity contribution in [1.29, 1.82) is 0 Å². The van der Waals surface area contributed by atoms with Crippen LogP contribution in [0.2, 0.25) is 0 Å². The molecular formula is C16H23N3O5S. The van der Waals surface area contributed by atoms with E-state index in [9.17, 15) is 18.0 Å². The molecule has 9 heteroatoms. The molecule has 0 bridgehead atoms. The van der Waals surface area contributed by atoms with Crippen molar-refractivity contribution in [3.8, 4) is 0 Å². The molecule has 1 aliphatic carbocycles. The van der Waals surface area contributed by atoms with Gasteiger partial charge < -0.3 is 9.42 Å². The van der Waals surface area contributed by atoms with Crippen LogP contribution in [-0.2, 0) is 25.4 Å². The highest BCUT2D eigenvalue weighted by Gasteiger charge is 2.39. The quantitative estimate of drug-likeness (QED) is 0.831. The molecule has 1 aromatic heterocycles. The average molecular weight is 369 g/mol. The molecule has 8 nitrogen and oxygen atoms in total. The number of hydrogen-bond acceptors (Lipinski definition) is 6. The molecule has 2 fully saturated rings. The summed E-state index contributed by atoms with van der Waals surface area (Å²) in [4.78, 5) is 26.3. The van der Waals surface area contributed by atoms with Crippen molar-refractivity contribution >= 4 is 21.8 Å². The molecule has 1 aromatic rings. The maximum absolute atomic E-state index is 12.3. The second-order valence-corrected chi connectivity index (χ2v) is 8.80. The zero-order valence-electron chi connectivity index (χ0n) is 14.2. The SMILES string of the molecule is CC1CCC(N2CC(C(=O)NS(=O)(=O)Cc3ccon3)CC2=O)CC1. The van der Waals surface area contributed by atoms with Gasteiger partial charge in [-0.15, -0.1) is 0 Å². The second-order valence-electron chi connectivity index (χ2n) is 7.08. The highest BCUT2D eigenvalue weighted by Crippen LogP contribution is 2.31. The minimum absolute atomic E-state index is 0.0615. The molecule has 0 aromatic carbocycles. The van der Waals surface area contributed by atoms with E-state index in [1.54, 1.807) is 4.90 Å². The number of hydrogen-bond donors (Lipinski definition) is 1. The Bertz CT molecular complexity index is 723. The number of likely N-dealkylation sites (tertiary alicyclic amines) is 1. The fourth-order valence-electron chi connectivity index (χ4n) is 3.59. The predicted octanol–water partition coefficient (Wildman–Crippen LogP) is 1.05. The molecule has 25 heavy (non-hydrogen) atoms. The number of amides is 2. The van der Waals surface area contributed by atoms with Crippen LogP contribution in [0.15, 0.2) is 16.9 Å². The van der Waals surface area contributed by atoms with Crippen molar-refractivity contribution in [2.45, 2.75) is 50.8 Å². The summed E-state index contributed by atoms with van der Waals surface area (Å²) in [6.45, 7) is 2.50. The number of rotatable bonds is 5. The van der Waals surface area contributed by atoms with Gasteiger partial charge in [-0.2, -0.15) is 0 Å². The van der Waals surface area contributed by atoms with Gasteiger partial charge in [0.25, 0.3) is 0 Å². The van der Waals surface area contributed by atoms with E-state index >= 15 is 0 Å². The van der Waals surface area contributed by atoms with Crippen LogP contribution in [0.3, 0.4) is 0 Å². The van der Waals surface area contributed by atoms with Crippen LogP contribution >= 0.6 is 0 Å². The zero-order chi connectivity index (χ0) is 18.0. The van der Waals surface area contributed by atoms with Gasteiger partial charge in [-0.25, -0.2) is 8.42 Å². The summed E-state index contributed by atoms with van der Waals surface area (Å²) in [5, 5.41) is 3.53. The standard InChI is InChI=1S/C16H23N3O5S/c1-11-2-4-14(5-3-11)19-9-12(8-15(19)20)16(21)18-25(22,23)10-13-6-7-24-17-13/h6-7,11-12,14H,2-5,8-10H2,1H3,(H,18,21). The highest BCUT2D eigenvalue weighted by molar-refractivity contribution is 7.89. The molecule has 1 N–H and O–H groups in total. The van der Waals surface area contributed by atoms with Crippen molar-refractivity contribution in [3.63, 3.8) is 0 Å². The largest absolute Gasteiger partial charge is 0.364 e. The molecule has 1 aliphatic heterocycles. The van der Waals surface area contributed by atoms with E-state index in [1.165, 1.54) is 12.3 Å². The first kappa shape index (κ1) is 17.9. The molecular weight excluding hydrogens is 346 g/mol. The lowest BCUT2D eigenvalue weighted by atomic mass is 9.87. The normalized spacial score (nSPS) is 27.5. The molecule has 1 saturated heterocycles. The Balaban J connectivity index is 1.57. The lowest BCUT2D eigenvalue weighted by Crippen LogP contribution is -2.41. The van der Waals surface area contributed by atoms with Crippen LogP contribution in [-0.4, -0.2) is 42.9 Å². The van der Waals surface area contributed by atoms with Crippen LogP contribution in [0.1, 0.15) is 44.7 Å². The topological polar surface area (TPSA) is 110 Å². The molecule has 3 rings (SSSR count). The van der Waals surface area contributed by atoms with E-state index in [-0.39, 0.29) is 24.1 Å². The van der Waals surface area contributed by atoms with Crippen LogP contribution in [0.5, 0.6) is 0 Å². The van der Waals surface area contributed by atoms with Crippen LogP contribution in [0.4, 0.5) is 0 Å². The fraction of sp³-hybridized carbons (Fsp3) is 0.688. The van der Waals surface area contributed by atoms with E-state index in [4.69, 9.17) is 0 Å². The van der Waals surface area contributed by atoms with Gasteiger partial charge in [0.1, 0.15) is 17.7 Å². The number of sulfonamides is 1. The van der Waals surface area contributed by atoms with Crippen LogP contribution in [0, 0.1) is 11.8 Å². The fourth-order valence-corrected chi connectivity index (χ4v) is 4.68. The lowest BCUT2D eigenvalue weighted by Gasteiger charge is -2.33. The zero-order valence-corrected chi connectivity index (χ0v) is 15.0. The average Bonchev–Trinajstić information content (AvgIpc) is 3.17. The molecule has 1 unspecified atom stereocenters. The molecule has 0 spiro atoms. The molecule has 1 saturated carbocycles. The summed E-state index contributed by atoms with van der Waals surface area (Å²) in [6.07, 6.45) is 5.40. The minimum Gasteiger partial charge on any atom is -0.364 e. The van der Waals surface area contributed by atoms with Gasteiger partial charge in [0.2, 0.25) is 21.8 Å². The number of carbonyl (C=O) groups excluding carboxylic acids is 2. The molecule has 138 valence electrons. The van der Waals surface area contributed by atoms with Gasteiger partial charge in [0.15, 0.2) is 0 Å². The molecule has 0 radical (unpaired) electrons. The number of aromatic nitrogens is 1. The lowest BCUT2D eigenvalue weighted by molar-refractivity contribution is -0.130. The van der Waals surface area contributed by atoms with Crippen molar-refractivity contribution in [1.82, 2.24) is 14.8 Å². The van der Waals surface area contributed by atoms with Gasteiger partial charge in [-0.3, -0.25) is 14.3 Å². The Hall–Kier alpha value is -1.90. The number of nitrogens with zero attached hydrogens (tertiary/aromatic N) is 2. The van der Waals surface area contributed by atoms with Crippen molar-refractivity contribution in [3.05, 3.63) is 18.0 Å². The van der Waals surface area contributed by atoms with Crippen molar-refractivity contribution in [2.24, 2.45) is 11.8 Å². The smallest absolute Gasteiger partial charge is 0.240 e. The molecule has 1 atom stereocenters. The third kappa shape index (κ3) is 4.39. The van der Waals surface area contributed by atoms with Crippen LogP contribution in [0.25, 0.3) is 0 Å². The minimum atomic E-state index is -3.86. The third-order valence-corrected chi connectivity index (χ3v) is 6.23. The number of carbonyl (C=O) groups is 2. The Morgan fingerprint density at radius 1 is 1.36 bits per heavy atom. The van der Waals surface area contributed by atoms with Gasteiger partial charge >= 0.3 is 0 Å². The maximum atomic E-state index is 12.3. The Morgan fingerprint density at radius 2 is 2.08 bits per heavy atom. The number of nitrogens with one attached hydrogen (secondary N) is 1. The summed E-state index contributed by atoms with van der Waals surface area (Å²) in [5.74, 6) is -1.06. The van der Waals surface area contributed by atoms with Gasteiger partial charge in [-0.1, -0.05) is 12.1 Å². The third-order valence-electron chi connectivity index (χ3n) is 5.04. The van der Waals surface area contributed by atoms with E-state index in [0.717, 1.165) is 25.7 Å². The van der Waals surface area contributed by atoms with Gasteiger partial charge in [0, 0.05) is 25.1 Å². The summed E-state index contributed by atoms with van der Waals surface area (Å²) in [7, 11) is -3.86. The van der Waals surface area contributed by atoms with Gasteiger partial charge in [0.05, 0.1) is 5.92 Å². The predicted molar refractivity (Wildman–Crippen MR) is 88.5 cm³/mol. The van der Waals surface area contributed by atoms with Crippen LogP contribution < -0.4 is 4.72 Å². The summed E-state index contributed by atoms with van der Waals surface area (Å²) in [5.41, 5.74) is 0.223. The van der Waals surface area contributed by atoms with E-state index < -0.39 is 27.6 Å². The Labute approximate surface area is 147 Å². The molecule has 2 heterocycles. The van der Waals surface area contributed by atoms with Gasteiger partial charge in [-0.05, 0) is 31.6 Å². The van der Waals surface area contributed by atoms with Crippen molar-refractivity contribution in [2.75, 3.05) is 6.54 Å². The summed E-state index contributed by atoms with van der Waals surface area (Å²) < 4.78 is 30.8. The van der Waals surface area contributed by atoms with E-state index in [2.05, 4.69) is 21.3 Å². The van der Waals surface area contributed by atoms with E-state index in [1.807, 2.05) is 0 Å². The highest BCUT2D eigenvalue weighted by atomic mass is 32.2. The first-order valence-electron chi connectivity index (χ1n) is 8.57. The first-order valence-corrected chi connectivity index (χ1v) is 10.2. The monoisotopic (exact) mass is 369 g/mol.